The Balaban J connectivity index is 1.63. The van der Waals surface area contributed by atoms with Crippen molar-refractivity contribution >= 4 is 17.5 Å². The maximum atomic E-state index is 12.2. The highest BCUT2D eigenvalue weighted by Crippen LogP contribution is 2.34. The Hall–Kier alpha value is -2.58. The zero-order valence-corrected chi connectivity index (χ0v) is 17.1. The number of anilines is 2. The number of hydrogen-bond donors (Lipinski definition) is 2. The van der Waals surface area contributed by atoms with Crippen LogP contribution in [0.15, 0.2) is 24.5 Å². The SMILES string of the molecule is CO[C@H]1CC[C@H](N2CC(=O)Nc3ncc(-c4ccc(C(C)(C)O)nc4)nc32)CC1. The number of rotatable bonds is 4. The molecule has 2 aliphatic rings. The van der Waals surface area contributed by atoms with Gasteiger partial charge in [-0.15, -0.1) is 0 Å². The van der Waals surface area contributed by atoms with Crippen LogP contribution in [0.4, 0.5) is 11.6 Å². The molecule has 0 radical (unpaired) electrons. The summed E-state index contributed by atoms with van der Waals surface area (Å²) in [6.45, 7) is 3.68. The molecular formula is C21H27N5O3. The molecule has 29 heavy (non-hydrogen) atoms. The Morgan fingerprint density at radius 3 is 2.55 bits per heavy atom. The van der Waals surface area contributed by atoms with Gasteiger partial charge in [0.15, 0.2) is 11.6 Å². The number of hydrogen-bond acceptors (Lipinski definition) is 7. The molecule has 1 saturated carbocycles. The number of nitrogens with one attached hydrogen (secondary N) is 1. The molecule has 1 aliphatic carbocycles. The van der Waals surface area contributed by atoms with E-state index in [1.54, 1.807) is 39.4 Å². The molecule has 2 aromatic rings. The largest absolute Gasteiger partial charge is 0.384 e. The molecule has 0 unspecified atom stereocenters. The average molecular weight is 397 g/mol. The van der Waals surface area contributed by atoms with Crippen molar-refractivity contribution in [3.63, 3.8) is 0 Å². The van der Waals surface area contributed by atoms with E-state index in [9.17, 15) is 9.90 Å². The summed E-state index contributed by atoms with van der Waals surface area (Å²) in [5.41, 5.74) is 1.09. The smallest absolute Gasteiger partial charge is 0.245 e. The van der Waals surface area contributed by atoms with Crippen LogP contribution in [0.5, 0.6) is 0 Å². The maximum absolute atomic E-state index is 12.2. The lowest BCUT2D eigenvalue weighted by atomic mass is 9.91. The lowest BCUT2D eigenvalue weighted by Crippen LogP contribution is -2.47. The Morgan fingerprint density at radius 1 is 1.17 bits per heavy atom. The van der Waals surface area contributed by atoms with Crippen molar-refractivity contribution in [1.82, 2.24) is 15.0 Å². The van der Waals surface area contributed by atoms with Gasteiger partial charge in [0.1, 0.15) is 5.60 Å². The van der Waals surface area contributed by atoms with Gasteiger partial charge in [-0.2, -0.15) is 0 Å². The molecular weight excluding hydrogens is 370 g/mol. The van der Waals surface area contributed by atoms with Gasteiger partial charge < -0.3 is 20.1 Å². The molecule has 0 spiro atoms. The topological polar surface area (TPSA) is 100 Å². The minimum atomic E-state index is -0.998. The van der Waals surface area contributed by atoms with Gasteiger partial charge in [-0.05, 0) is 51.7 Å². The van der Waals surface area contributed by atoms with E-state index in [0.717, 1.165) is 31.2 Å². The van der Waals surface area contributed by atoms with E-state index < -0.39 is 5.60 Å². The van der Waals surface area contributed by atoms with Gasteiger partial charge in [-0.1, -0.05) is 0 Å². The molecule has 154 valence electrons. The first-order chi connectivity index (χ1) is 13.8. The van der Waals surface area contributed by atoms with Gasteiger partial charge in [-0.3, -0.25) is 9.78 Å². The number of amides is 1. The minimum absolute atomic E-state index is 0.0652. The first kappa shape index (κ1) is 19.7. The van der Waals surface area contributed by atoms with E-state index >= 15 is 0 Å². The first-order valence-corrected chi connectivity index (χ1v) is 10.0. The number of aliphatic hydroxyl groups is 1. The molecule has 2 aromatic heterocycles. The summed E-state index contributed by atoms with van der Waals surface area (Å²) >= 11 is 0. The van der Waals surface area contributed by atoms with Gasteiger partial charge >= 0.3 is 0 Å². The molecule has 8 nitrogen and oxygen atoms in total. The molecule has 2 N–H and O–H groups in total. The summed E-state index contributed by atoms with van der Waals surface area (Å²) in [5.74, 6) is 1.14. The van der Waals surface area contributed by atoms with Crippen LogP contribution in [0.1, 0.15) is 45.2 Å². The Morgan fingerprint density at radius 2 is 1.93 bits per heavy atom. The normalized spacial score (nSPS) is 22.2. The van der Waals surface area contributed by atoms with Crippen LogP contribution < -0.4 is 10.2 Å². The van der Waals surface area contributed by atoms with Crippen LogP contribution >= 0.6 is 0 Å². The zero-order chi connectivity index (χ0) is 20.6. The fraction of sp³-hybridized carbons (Fsp3) is 0.524. The summed E-state index contributed by atoms with van der Waals surface area (Å²) < 4.78 is 5.48. The third kappa shape index (κ3) is 4.09. The number of ether oxygens (including phenoxy) is 1. The van der Waals surface area contributed by atoms with E-state index in [0.29, 0.717) is 29.1 Å². The second-order valence-corrected chi connectivity index (χ2v) is 8.26. The van der Waals surface area contributed by atoms with Crippen molar-refractivity contribution in [2.24, 2.45) is 0 Å². The van der Waals surface area contributed by atoms with E-state index in [4.69, 9.17) is 9.72 Å². The lowest BCUT2D eigenvalue weighted by molar-refractivity contribution is -0.115. The lowest BCUT2D eigenvalue weighted by Gasteiger charge is -2.39. The van der Waals surface area contributed by atoms with Crippen molar-refractivity contribution in [3.8, 4) is 11.3 Å². The third-order valence-corrected chi connectivity index (χ3v) is 5.70. The van der Waals surface area contributed by atoms with Gasteiger partial charge in [0.05, 0.1) is 30.2 Å². The highest BCUT2D eigenvalue weighted by Gasteiger charge is 2.33. The van der Waals surface area contributed by atoms with Crippen molar-refractivity contribution < 1.29 is 14.6 Å². The number of fused-ring (bicyclic) bond motifs is 1. The standard InChI is InChI=1S/C21H27N5O3/c1-21(2,28)17-9-4-13(10-22-17)16-11-23-19-20(24-16)26(12-18(27)25-19)14-5-7-15(29-3)8-6-14/h4,9-11,14-15,28H,5-8,12H2,1-3H3,(H,23,25,27)/t14-,15-. The van der Waals surface area contributed by atoms with Crippen molar-refractivity contribution in [2.75, 3.05) is 23.9 Å². The van der Waals surface area contributed by atoms with E-state index in [-0.39, 0.29) is 18.5 Å². The molecule has 1 amide bonds. The van der Waals surface area contributed by atoms with Crippen molar-refractivity contribution in [3.05, 3.63) is 30.2 Å². The number of methoxy groups -OCH3 is 1. The quantitative estimate of drug-likeness (QED) is 0.817. The summed E-state index contributed by atoms with van der Waals surface area (Å²) in [7, 11) is 1.75. The third-order valence-electron chi connectivity index (χ3n) is 5.70. The number of carbonyl (C=O) groups excluding carboxylic acids is 1. The number of aromatic nitrogens is 3. The summed E-state index contributed by atoms with van der Waals surface area (Å²) in [5, 5.41) is 12.9. The van der Waals surface area contributed by atoms with Crippen molar-refractivity contribution in [1.29, 1.82) is 0 Å². The van der Waals surface area contributed by atoms with Crippen LogP contribution in [0.25, 0.3) is 11.3 Å². The Bertz CT molecular complexity index is 886. The van der Waals surface area contributed by atoms with Crippen LogP contribution in [-0.2, 0) is 15.1 Å². The van der Waals surface area contributed by atoms with Crippen LogP contribution in [0, 0.1) is 0 Å². The first-order valence-electron chi connectivity index (χ1n) is 10.0. The average Bonchev–Trinajstić information content (AvgIpc) is 2.72. The molecule has 0 bridgehead atoms. The number of nitrogens with zero attached hydrogens (tertiary/aromatic N) is 4. The molecule has 1 aliphatic heterocycles. The predicted octanol–water partition coefficient (Wildman–Crippen LogP) is 2.48. The monoisotopic (exact) mass is 397 g/mol. The second-order valence-electron chi connectivity index (χ2n) is 8.26. The zero-order valence-electron chi connectivity index (χ0n) is 17.1. The molecule has 0 aromatic carbocycles. The fourth-order valence-corrected chi connectivity index (χ4v) is 4.01. The van der Waals surface area contributed by atoms with E-state index in [1.807, 2.05) is 6.07 Å². The van der Waals surface area contributed by atoms with E-state index in [2.05, 4.69) is 20.2 Å². The molecule has 1 fully saturated rings. The molecule has 0 atom stereocenters. The number of pyridine rings is 1. The summed E-state index contributed by atoms with van der Waals surface area (Å²) in [6.07, 6.45) is 7.50. The maximum Gasteiger partial charge on any atom is 0.245 e. The molecule has 3 heterocycles. The highest BCUT2D eigenvalue weighted by molar-refractivity contribution is 5.99. The predicted molar refractivity (Wildman–Crippen MR) is 110 cm³/mol. The molecule has 8 heteroatoms. The number of carbonyl (C=O) groups is 1. The fourth-order valence-electron chi connectivity index (χ4n) is 4.01. The minimum Gasteiger partial charge on any atom is -0.384 e. The Labute approximate surface area is 170 Å². The van der Waals surface area contributed by atoms with E-state index in [1.165, 1.54) is 0 Å². The van der Waals surface area contributed by atoms with Crippen LogP contribution in [0.2, 0.25) is 0 Å². The van der Waals surface area contributed by atoms with Crippen LogP contribution in [-0.4, -0.2) is 51.8 Å². The molecule has 0 saturated heterocycles. The Kier molecular flexibility index (Phi) is 5.23. The molecule has 4 rings (SSSR count). The van der Waals surface area contributed by atoms with Crippen molar-refractivity contribution in [2.45, 2.75) is 57.3 Å². The summed E-state index contributed by atoms with van der Waals surface area (Å²) in [6, 6.07) is 3.92. The van der Waals surface area contributed by atoms with Gasteiger partial charge in [0.25, 0.3) is 0 Å². The summed E-state index contributed by atoms with van der Waals surface area (Å²) in [4.78, 5) is 27.9. The van der Waals surface area contributed by atoms with Gasteiger partial charge in [-0.25, -0.2) is 9.97 Å². The highest BCUT2D eigenvalue weighted by atomic mass is 16.5. The van der Waals surface area contributed by atoms with Gasteiger partial charge in [0, 0.05) is 24.9 Å². The van der Waals surface area contributed by atoms with Crippen LogP contribution in [0.3, 0.4) is 0 Å². The van der Waals surface area contributed by atoms with Gasteiger partial charge in [0.2, 0.25) is 5.91 Å². The second kappa shape index (κ2) is 7.68.